The molecular formula is C17H24ClN3OS. The molecule has 0 aromatic heterocycles. The van der Waals surface area contributed by atoms with E-state index in [1.807, 2.05) is 41.8 Å². The number of hydrogen-bond acceptors (Lipinski definition) is 3. The van der Waals surface area contributed by atoms with E-state index in [0.29, 0.717) is 16.8 Å². The third kappa shape index (κ3) is 4.34. The van der Waals surface area contributed by atoms with E-state index >= 15 is 0 Å². The van der Waals surface area contributed by atoms with Gasteiger partial charge in [0, 0.05) is 43.7 Å². The number of thioether (sulfide) groups is 1. The molecule has 2 aliphatic heterocycles. The third-order valence-corrected chi connectivity index (χ3v) is 5.95. The van der Waals surface area contributed by atoms with Crippen LogP contribution in [0.2, 0.25) is 5.02 Å². The number of benzene rings is 1. The molecule has 23 heavy (non-hydrogen) atoms. The van der Waals surface area contributed by atoms with Crippen molar-refractivity contribution in [2.75, 3.05) is 43.0 Å². The minimum atomic E-state index is -0.0369. The number of nitrogens with zero attached hydrogens (tertiary/aromatic N) is 2. The summed E-state index contributed by atoms with van der Waals surface area (Å²) in [6, 6.07) is 6.29. The van der Waals surface area contributed by atoms with Crippen LogP contribution in [0.15, 0.2) is 18.2 Å². The predicted molar refractivity (Wildman–Crippen MR) is 98.7 cm³/mol. The Balaban J connectivity index is 1.52. The molecular weight excluding hydrogens is 330 g/mol. The van der Waals surface area contributed by atoms with Crippen LogP contribution in [-0.2, 0) is 0 Å². The molecule has 126 valence electrons. The molecule has 4 nitrogen and oxygen atoms in total. The summed E-state index contributed by atoms with van der Waals surface area (Å²) in [7, 11) is 0. The molecule has 1 N–H and O–H groups in total. The molecule has 2 saturated heterocycles. The number of carbonyl (C=O) groups is 1. The maximum atomic E-state index is 12.5. The number of piperidine rings is 1. The molecule has 0 saturated carbocycles. The average Bonchev–Trinajstić information content (AvgIpc) is 2.59. The Labute approximate surface area is 147 Å². The lowest BCUT2D eigenvalue weighted by Gasteiger charge is -2.40. The van der Waals surface area contributed by atoms with Gasteiger partial charge in [0.1, 0.15) is 0 Å². The van der Waals surface area contributed by atoms with E-state index < -0.39 is 0 Å². The summed E-state index contributed by atoms with van der Waals surface area (Å²) >= 11 is 8.21. The summed E-state index contributed by atoms with van der Waals surface area (Å²) in [4.78, 5) is 17.0. The van der Waals surface area contributed by atoms with E-state index in [0.717, 1.165) is 31.5 Å². The molecule has 3 rings (SSSR count). The number of anilines is 1. The molecule has 0 spiro atoms. The Hall–Kier alpha value is -0.910. The van der Waals surface area contributed by atoms with Gasteiger partial charge in [0.05, 0.1) is 10.7 Å². The number of carbonyl (C=O) groups excluding carboxylic acids is 1. The standard InChI is InChI=1S/C17H24ClN3OS/c1-13-2-3-15(18)16(12-13)19-17(22)21-6-4-14(5-7-21)20-8-10-23-11-9-20/h2-3,12,14H,4-11H2,1H3,(H,19,22). The van der Waals surface area contributed by atoms with Gasteiger partial charge in [0.2, 0.25) is 0 Å². The van der Waals surface area contributed by atoms with Crippen molar-refractivity contribution in [2.45, 2.75) is 25.8 Å². The van der Waals surface area contributed by atoms with Crippen molar-refractivity contribution in [1.29, 1.82) is 0 Å². The smallest absolute Gasteiger partial charge is 0.321 e. The first-order valence-corrected chi connectivity index (χ1v) is 9.80. The number of hydrogen-bond donors (Lipinski definition) is 1. The van der Waals surface area contributed by atoms with Gasteiger partial charge in [-0.05, 0) is 37.5 Å². The van der Waals surface area contributed by atoms with E-state index in [9.17, 15) is 4.79 Å². The first kappa shape index (κ1) is 16.9. The van der Waals surface area contributed by atoms with Gasteiger partial charge in [-0.15, -0.1) is 0 Å². The highest BCUT2D eigenvalue weighted by Crippen LogP contribution is 2.24. The van der Waals surface area contributed by atoms with Crippen LogP contribution in [0.25, 0.3) is 0 Å². The summed E-state index contributed by atoms with van der Waals surface area (Å²) in [5.74, 6) is 2.49. The van der Waals surface area contributed by atoms with E-state index in [1.54, 1.807) is 0 Å². The largest absolute Gasteiger partial charge is 0.324 e. The maximum Gasteiger partial charge on any atom is 0.321 e. The third-order valence-electron chi connectivity index (χ3n) is 4.68. The molecule has 6 heteroatoms. The maximum absolute atomic E-state index is 12.5. The lowest BCUT2D eigenvalue weighted by Crippen LogP contribution is -2.49. The van der Waals surface area contributed by atoms with Crippen LogP contribution in [0.4, 0.5) is 10.5 Å². The highest BCUT2D eigenvalue weighted by Gasteiger charge is 2.27. The molecule has 0 radical (unpaired) electrons. The monoisotopic (exact) mass is 353 g/mol. The number of rotatable bonds is 2. The Kier molecular flexibility index (Phi) is 5.72. The van der Waals surface area contributed by atoms with Crippen molar-refractivity contribution in [3.63, 3.8) is 0 Å². The second kappa shape index (κ2) is 7.77. The first-order chi connectivity index (χ1) is 11.1. The molecule has 0 atom stereocenters. The topological polar surface area (TPSA) is 35.6 Å². The lowest BCUT2D eigenvalue weighted by molar-refractivity contribution is 0.130. The summed E-state index contributed by atoms with van der Waals surface area (Å²) < 4.78 is 0. The van der Waals surface area contributed by atoms with E-state index in [2.05, 4.69) is 10.2 Å². The normalized spacial score (nSPS) is 20.5. The summed E-state index contributed by atoms with van der Waals surface area (Å²) in [5, 5.41) is 3.54. The molecule has 1 aromatic carbocycles. The summed E-state index contributed by atoms with van der Waals surface area (Å²) in [6.45, 7) is 6.03. The van der Waals surface area contributed by atoms with Crippen molar-refractivity contribution in [3.05, 3.63) is 28.8 Å². The van der Waals surface area contributed by atoms with Gasteiger partial charge in [0.25, 0.3) is 0 Å². The molecule has 2 fully saturated rings. The fraction of sp³-hybridized carbons (Fsp3) is 0.588. The van der Waals surface area contributed by atoms with Crippen LogP contribution in [0, 0.1) is 6.92 Å². The quantitative estimate of drug-likeness (QED) is 0.880. The van der Waals surface area contributed by atoms with Crippen LogP contribution in [0.5, 0.6) is 0 Å². The van der Waals surface area contributed by atoms with Gasteiger partial charge >= 0.3 is 6.03 Å². The number of likely N-dealkylation sites (tertiary alicyclic amines) is 1. The van der Waals surface area contributed by atoms with Crippen molar-refractivity contribution in [1.82, 2.24) is 9.80 Å². The van der Waals surface area contributed by atoms with Crippen LogP contribution in [0.3, 0.4) is 0 Å². The summed E-state index contributed by atoms with van der Waals surface area (Å²) in [5.41, 5.74) is 1.79. The van der Waals surface area contributed by atoms with Crippen LogP contribution >= 0.6 is 23.4 Å². The van der Waals surface area contributed by atoms with Gasteiger partial charge in [-0.2, -0.15) is 11.8 Å². The Morgan fingerprint density at radius 3 is 2.61 bits per heavy atom. The van der Waals surface area contributed by atoms with Gasteiger partial charge in [-0.3, -0.25) is 4.90 Å². The number of aryl methyl sites for hydroxylation is 1. The second-order valence-corrected chi connectivity index (χ2v) is 7.91. The van der Waals surface area contributed by atoms with Gasteiger partial charge in [-0.1, -0.05) is 17.7 Å². The lowest BCUT2D eigenvalue weighted by atomic mass is 10.0. The van der Waals surface area contributed by atoms with Crippen LogP contribution in [-0.4, -0.2) is 59.6 Å². The second-order valence-electron chi connectivity index (χ2n) is 6.28. The Morgan fingerprint density at radius 1 is 1.22 bits per heavy atom. The van der Waals surface area contributed by atoms with Crippen molar-refractivity contribution in [2.24, 2.45) is 0 Å². The zero-order valence-corrected chi connectivity index (χ0v) is 15.1. The number of urea groups is 1. The van der Waals surface area contributed by atoms with Crippen molar-refractivity contribution in [3.8, 4) is 0 Å². The minimum Gasteiger partial charge on any atom is -0.324 e. The fourth-order valence-electron chi connectivity index (χ4n) is 3.31. The molecule has 0 unspecified atom stereocenters. The first-order valence-electron chi connectivity index (χ1n) is 8.27. The van der Waals surface area contributed by atoms with Crippen molar-refractivity contribution >= 4 is 35.1 Å². The SMILES string of the molecule is Cc1ccc(Cl)c(NC(=O)N2CCC(N3CCSCC3)CC2)c1. The predicted octanol–water partition coefficient (Wildman–Crippen LogP) is 3.69. The van der Waals surface area contributed by atoms with E-state index in [4.69, 9.17) is 11.6 Å². The zero-order chi connectivity index (χ0) is 16.2. The van der Waals surface area contributed by atoms with Crippen molar-refractivity contribution < 1.29 is 4.79 Å². The average molecular weight is 354 g/mol. The summed E-state index contributed by atoms with van der Waals surface area (Å²) in [6.07, 6.45) is 2.14. The zero-order valence-electron chi connectivity index (χ0n) is 13.6. The molecule has 2 heterocycles. The number of nitrogens with one attached hydrogen (secondary N) is 1. The molecule has 0 bridgehead atoms. The van der Waals surface area contributed by atoms with Gasteiger partial charge < -0.3 is 10.2 Å². The Morgan fingerprint density at radius 2 is 1.91 bits per heavy atom. The van der Waals surface area contributed by atoms with Crippen LogP contribution in [0.1, 0.15) is 18.4 Å². The Bertz CT molecular complexity index is 555. The fourth-order valence-corrected chi connectivity index (χ4v) is 4.40. The van der Waals surface area contributed by atoms with Crippen LogP contribution < -0.4 is 5.32 Å². The molecule has 2 aliphatic rings. The van der Waals surface area contributed by atoms with Gasteiger partial charge in [-0.25, -0.2) is 4.79 Å². The molecule has 1 aromatic rings. The highest BCUT2D eigenvalue weighted by molar-refractivity contribution is 7.99. The van der Waals surface area contributed by atoms with E-state index in [1.165, 1.54) is 24.6 Å². The highest BCUT2D eigenvalue weighted by atomic mass is 35.5. The number of halogens is 1. The molecule has 0 aliphatic carbocycles. The molecule has 2 amide bonds. The van der Waals surface area contributed by atoms with E-state index in [-0.39, 0.29) is 6.03 Å². The van der Waals surface area contributed by atoms with Gasteiger partial charge in [0.15, 0.2) is 0 Å². The minimum absolute atomic E-state index is 0.0369. The number of amides is 2.